The molecule has 2 aromatic rings. The van der Waals surface area contributed by atoms with E-state index in [-0.39, 0.29) is 5.82 Å². The lowest BCUT2D eigenvalue weighted by Gasteiger charge is -2.18. The second-order valence-corrected chi connectivity index (χ2v) is 4.69. The molecule has 0 atom stereocenters. The first-order valence-corrected chi connectivity index (χ1v) is 5.85. The van der Waals surface area contributed by atoms with Gasteiger partial charge in [0.05, 0.1) is 6.54 Å². The Kier molecular flexibility index (Phi) is 3.42. The zero-order chi connectivity index (χ0) is 12.4. The zero-order valence-corrected chi connectivity index (χ0v) is 11.1. The molecular formula is C11H12BrFN4. The number of aryl methyl sites for hydroxylation is 1. The molecule has 4 nitrogen and oxygen atoms in total. The first-order valence-electron chi connectivity index (χ1n) is 5.06. The molecule has 0 spiro atoms. The van der Waals surface area contributed by atoms with Crippen molar-refractivity contribution in [1.82, 2.24) is 14.5 Å². The van der Waals surface area contributed by atoms with E-state index in [1.807, 2.05) is 17.8 Å². The maximum absolute atomic E-state index is 13.7. The topological polar surface area (TPSA) is 34.0 Å². The molecule has 0 aliphatic heterocycles. The molecule has 0 saturated carbocycles. The Balaban J connectivity index is 2.20. The van der Waals surface area contributed by atoms with E-state index < -0.39 is 0 Å². The van der Waals surface area contributed by atoms with E-state index in [0.29, 0.717) is 16.8 Å². The van der Waals surface area contributed by atoms with E-state index >= 15 is 0 Å². The average Bonchev–Trinajstić information content (AvgIpc) is 2.64. The minimum absolute atomic E-state index is 0.316. The van der Waals surface area contributed by atoms with Gasteiger partial charge in [0.2, 0.25) is 0 Å². The quantitative estimate of drug-likeness (QED) is 0.872. The minimum Gasteiger partial charge on any atom is -0.350 e. The molecule has 0 aliphatic carbocycles. The molecule has 0 radical (unpaired) electrons. The lowest BCUT2D eigenvalue weighted by atomic mass is 10.4. The molecule has 0 unspecified atom stereocenters. The van der Waals surface area contributed by atoms with Crippen LogP contribution >= 0.6 is 15.9 Å². The molecule has 2 rings (SSSR count). The lowest BCUT2D eigenvalue weighted by Crippen LogP contribution is -2.21. The summed E-state index contributed by atoms with van der Waals surface area (Å²) in [4.78, 5) is 9.97. The Morgan fingerprint density at radius 2 is 2.24 bits per heavy atom. The molecule has 90 valence electrons. The van der Waals surface area contributed by atoms with E-state index in [1.165, 1.54) is 6.07 Å². The number of nitrogens with zero attached hydrogens (tertiary/aromatic N) is 4. The van der Waals surface area contributed by atoms with Crippen LogP contribution < -0.4 is 4.90 Å². The van der Waals surface area contributed by atoms with E-state index in [9.17, 15) is 4.39 Å². The number of hydrogen-bond acceptors (Lipinski definition) is 3. The van der Waals surface area contributed by atoms with Crippen LogP contribution in [0.3, 0.4) is 0 Å². The summed E-state index contributed by atoms with van der Waals surface area (Å²) in [6.45, 7) is 0.509. The summed E-state index contributed by atoms with van der Waals surface area (Å²) in [6.07, 6.45) is 5.15. The van der Waals surface area contributed by atoms with Crippen molar-refractivity contribution in [3.8, 4) is 0 Å². The van der Waals surface area contributed by atoms with E-state index in [1.54, 1.807) is 24.3 Å². The van der Waals surface area contributed by atoms with E-state index in [2.05, 4.69) is 25.9 Å². The van der Waals surface area contributed by atoms with Gasteiger partial charge in [-0.2, -0.15) is 0 Å². The highest BCUT2D eigenvalue weighted by Gasteiger charge is 2.11. The minimum atomic E-state index is -0.351. The molecule has 6 heteroatoms. The Morgan fingerprint density at radius 1 is 1.47 bits per heavy atom. The van der Waals surface area contributed by atoms with Gasteiger partial charge in [0, 0.05) is 37.2 Å². The van der Waals surface area contributed by atoms with Crippen molar-refractivity contribution in [2.45, 2.75) is 6.54 Å². The highest BCUT2D eigenvalue weighted by Crippen LogP contribution is 2.19. The fourth-order valence-electron chi connectivity index (χ4n) is 1.52. The molecule has 2 heterocycles. The molecule has 0 fully saturated rings. The molecule has 0 aromatic carbocycles. The molecule has 2 aromatic heterocycles. The summed E-state index contributed by atoms with van der Waals surface area (Å²) in [5.74, 6) is 0.823. The van der Waals surface area contributed by atoms with Crippen molar-refractivity contribution < 1.29 is 4.39 Å². The second-order valence-electron chi connectivity index (χ2n) is 3.77. The normalized spacial score (nSPS) is 10.6. The molecule has 0 saturated heterocycles. The van der Waals surface area contributed by atoms with Crippen molar-refractivity contribution in [1.29, 1.82) is 0 Å². The van der Waals surface area contributed by atoms with Gasteiger partial charge in [-0.1, -0.05) is 0 Å². The Bertz CT molecular complexity index is 526. The van der Waals surface area contributed by atoms with Gasteiger partial charge < -0.3 is 9.47 Å². The van der Waals surface area contributed by atoms with E-state index in [4.69, 9.17) is 0 Å². The number of imidazole rings is 1. The number of hydrogen-bond donors (Lipinski definition) is 0. The third-order valence-electron chi connectivity index (χ3n) is 2.45. The van der Waals surface area contributed by atoms with Gasteiger partial charge >= 0.3 is 0 Å². The van der Waals surface area contributed by atoms with Crippen LogP contribution in [0.2, 0.25) is 0 Å². The molecule has 0 amide bonds. The highest BCUT2D eigenvalue weighted by atomic mass is 79.9. The SMILES string of the molecule is CN(Cc1nccn1C)c1ncc(Br)cc1F. The number of aromatic nitrogens is 3. The van der Waals surface area contributed by atoms with Gasteiger partial charge in [-0.25, -0.2) is 14.4 Å². The summed E-state index contributed by atoms with van der Waals surface area (Å²) in [6, 6.07) is 1.40. The highest BCUT2D eigenvalue weighted by molar-refractivity contribution is 9.10. The average molecular weight is 299 g/mol. The molecule has 0 aliphatic rings. The summed E-state index contributed by atoms with van der Waals surface area (Å²) in [5.41, 5.74) is 0. The van der Waals surface area contributed by atoms with Crippen molar-refractivity contribution in [3.05, 3.63) is 40.8 Å². The van der Waals surface area contributed by atoms with Gasteiger partial charge in [-0.05, 0) is 22.0 Å². The Morgan fingerprint density at radius 3 is 2.82 bits per heavy atom. The van der Waals surface area contributed by atoms with Crippen LogP contribution in [0.15, 0.2) is 29.1 Å². The van der Waals surface area contributed by atoms with Crippen LogP contribution in [-0.4, -0.2) is 21.6 Å². The summed E-state index contributed by atoms with van der Waals surface area (Å²) >= 11 is 3.18. The van der Waals surface area contributed by atoms with Gasteiger partial charge in [-0.15, -0.1) is 0 Å². The Labute approximate surface area is 107 Å². The fourth-order valence-corrected chi connectivity index (χ4v) is 1.83. The lowest BCUT2D eigenvalue weighted by molar-refractivity contribution is 0.610. The monoisotopic (exact) mass is 298 g/mol. The fraction of sp³-hybridized carbons (Fsp3) is 0.273. The zero-order valence-electron chi connectivity index (χ0n) is 9.56. The van der Waals surface area contributed by atoms with Crippen LogP contribution in [-0.2, 0) is 13.6 Å². The first kappa shape index (κ1) is 12.0. The van der Waals surface area contributed by atoms with Crippen LogP contribution in [0, 0.1) is 5.82 Å². The predicted molar refractivity (Wildman–Crippen MR) is 67.2 cm³/mol. The van der Waals surface area contributed by atoms with Crippen LogP contribution in [0.5, 0.6) is 0 Å². The third kappa shape index (κ3) is 2.63. The van der Waals surface area contributed by atoms with Crippen LogP contribution in [0.1, 0.15) is 5.82 Å². The third-order valence-corrected chi connectivity index (χ3v) is 2.88. The first-order chi connectivity index (χ1) is 8.08. The molecule has 0 N–H and O–H groups in total. The summed E-state index contributed by atoms with van der Waals surface area (Å²) < 4.78 is 16.2. The maximum atomic E-state index is 13.7. The standard InChI is InChI=1S/C11H12BrFN4/c1-16-4-3-14-10(16)7-17(2)11-9(13)5-8(12)6-15-11/h3-6H,7H2,1-2H3. The summed E-state index contributed by atoms with van der Waals surface area (Å²) in [5, 5.41) is 0. The van der Waals surface area contributed by atoms with Crippen LogP contribution in [0.25, 0.3) is 0 Å². The Hall–Kier alpha value is -1.43. The van der Waals surface area contributed by atoms with Gasteiger partial charge in [-0.3, -0.25) is 0 Å². The van der Waals surface area contributed by atoms with Gasteiger partial charge in [0.25, 0.3) is 0 Å². The number of pyridine rings is 1. The van der Waals surface area contributed by atoms with Gasteiger partial charge in [0.15, 0.2) is 11.6 Å². The predicted octanol–water partition coefficient (Wildman–Crippen LogP) is 2.35. The van der Waals surface area contributed by atoms with Crippen molar-refractivity contribution >= 4 is 21.7 Å². The molecule has 17 heavy (non-hydrogen) atoms. The molecule has 0 bridgehead atoms. The molecular weight excluding hydrogens is 287 g/mol. The number of anilines is 1. The van der Waals surface area contributed by atoms with Gasteiger partial charge in [0.1, 0.15) is 5.82 Å². The van der Waals surface area contributed by atoms with Crippen molar-refractivity contribution in [2.75, 3.05) is 11.9 Å². The van der Waals surface area contributed by atoms with E-state index in [0.717, 1.165) is 5.82 Å². The smallest absolute Gasteiger partial charge is 0.166 e. The van der Waals surface area contributed by atoms with Crippen molar-refractivity contribution in [3.63, 3.8) is 0 Å². The second kappa shape index (κ2) is 4.83. The largest absolute Gasteiger partial charge is 0.350 e. The summed E-state index contributed by atoms with van der Waals surface area (Å²) in [7, 11) is 3.69. The van der Waals surface area contributed by atoms with Crippen molar-refractivity contribution in [2.24, 2.45) is 7.05 Å². The van der Waals surface area contributed by atoms with Crippen LogP contribution in [0.4, 0.5) is 10.2 Å². The number of halogens is 2. The number of rotatable bonds is 3. The maximum Gasteiger partial charge on any atom is 0.166 e.